The SMILES string of the molecule is CCNC(=NCC(C)CN1CCN(C)CC1)NCCN(C(C)C)C(C)C. The maximum Gasteiger partial charge on any atom is 0.191 e. The van der Waals surface area contributed by atoms with Gasteiger partial charge in [0.2, 0.25) is 0 Å². The summed E-state index contributed by atoms with van der Waals surface area (Å²) in [6.07, 6.45) is 0. The molecule has 154 valence electrons. The molecule has 1 aliphatic rings. The highest BCUT2D eigenvalue weighted by Crippen LogP contribution is 2.05. The number of piperazine rings is 1. The second-order valence-corrected chi connectivity index (χ2v) is 8.28. The van der Waals surface area contributed by atoms with Crippen molar-refractivity contribution in [2.45, 2.75) is 53.6 Å². The number of guanidine groups is 1. The maximum absolute atomic E-state index is 4.82. The molecular formula is C20H44N6. The third-order valence-corrected chi connectivity index (χ3v) is 5.06. The summed E-state index contributed by atoms with van der Waals surface area (Å²) in [4.78, 5) is 12.3. The average Bonchev–Trinajstić information content (AvgIpc) is 2.57. The molecule has 1 rings (SSSR count). The highest BCUT2D eigenvalue weighted by atomic mass is 15.2. The Labute approximate surface area is 162 Å². The molecule has 0 aromatic rings. The molecule has 0 radical (unpaired) electrons. The molecule has 1 aliphatic heterocycles. The maximum atomic E-state index is 4.82. The van der Waals surface area contributed by atoms with Crippen LogP contribution in [0.5, 0.6) is 0 Å². The molecule has 0 spiro atoms. The van der Waals surface area contributed by atoms with E-state index in [0.29, 0.717) is 18.0 Å². The van der Waals surface area contributed by atoms with Crippen LogP contribution in [0, 0.1) is 5.92 Å². The zero-order chi connectivity index (χ0) is 19.5. The summed E-state index contributed by atoms with van der Waals surface area (Å²) < 4.78 is 0. The molecule has 0 amide bonds. The zero-order valence-electron chi connectivity index (χ0n) is 18.4. The van der Waals surface area contributed by atoms with Crippen molar-refractivity contribution in [1.29, 1.82) is 0 Å². The minimum atomic E-state index is 0.569. The smallest absolute Gasteiger partial charge is 0.191 e. The van der Waals surface area contributed by atoms with Crippen LogP contribution in [0.4, 0.5) is 0 Å². The van der Waals surface area contributed by atoms with E-state index in [1.807, 2.05) is 0 Å². The molecule has 0 aliphatic carbocycles. The van der Waals surface area contributed by atoms with Crippen LogP contribution in [0.2, 0.25) is 0 Å². The minimum Gasteiger partial charge on any atom is -0.357 e. The predicted molar refractivity (Wildman–Crippen MR) is 114 cm³/mol. The molecule has 1 fully saturated rings. The van der Waals surface area contributed by atoms with Crippen LogP contribution < -0.4 is 10.6 Å². The molecule has 0 aromatic heterocycles. The first-order valence-electron chi connectivity index (χ1n) is 10.5. The van der Waals surface area contributed by atoms with Crippen molar-refractivity contribution in [3.05, 3.63) is 0 Å². The van der Waals surface area contributed by atoms with E-state index in [-0.39, 0.29) is 0 Å². The number of nitrogens with one attached hydrogen (secondary N) is 2. The van der Waals surface area contributed by atoms with Crippen LogP contribution in [0.1, 0.15) is 41.5 Å². The Morgan fingerprint density at radius 1 is 1.00 bits per heavy atom. The molecule has 1 atom stereocenters. The van der Waals surface area contributed by atoms with Crippen LogP contribution in [0.25, 0.3) is 0 Å². The largest absolute Gasteiger partial charge is 0.357 e. The van der Waals surface area contributed by atoms with Gasteiger partial charge in [0.25, 0.3) is 0 Å². The number of likely N-dealkylation sites (N-methyl/N-ethyl adjacent to an activating group) is 1. The Bertz CT molecular complexity index is 380. The average molecular weight is 369 g/mol. The van der Waals surface area contributed by atoms with Crippen LogP contribution in [-0.2, 0) is 0 Å². The molecule has 6 heteroatoms. The third kappa shape index (κ3) is 9.19. The second-order valence-electron chi connectivity index (χ2n) is 8.28. The summed E-state index contributed by atoms with van der Waals surface area (Å²) in [7, 11) is 2.21. The Morgan fingerprint density at radius 3 is 2.15 bits per heavy atom. The monoisotopic (exact) mass is 368 g/mol. The summed E-state index contributed by atoms with van der Waals surface area (Å²) >= 11 is 0. The molecule has 1 heterocycles. The summed E-state index contributed by atoms with van der Waals surface area (Å²) in [6, 6.07) is 1.14. The fourth-order valence-corrected chi connectivity index (χ4v) is 3.53. The topological polar surface area (TPSA) is 46.1 Å². The first-order chi connectivity index (χ1) is 12.3. The number of aliphatic imine (C=N–C) groups is 1. The van der Waals surface area contributed by atoms with Gasteiger partial charge < -0.3 is 20.4 Å². The molecule has 6 nitrogen and oxygen atoms in total. The molecular weight excluding hydrogens is 324 g/mol. The van der Waals surface area contributed by atoms with Gasteiger partial charge in [-0.2, -0.15) is 0 Å². The lowest BCUT2D eigenvalue weighted by Gasteiger charge is -2.33. The van der Waals surface area contributed by atoms with Gasteiger partial charge in [0, 0.05) is 71.0 Å². The number of rotatable bonds is 10. The van der Waals surface area contributed by atoms with Crippen molar-refractivity contribution in [3.63, 3.8) is 0 Å². The van der Waals surface area contributed by atoms with Crippen LogP contribution in [-0.4, -0.2) is 98.7 Å². The first-order valence-corrected chi connectivity index (χ1v) is 10.5. The van der Waals surface area contributed by atoms with Gasteiger partial charge in [0.05, 0.1) is 0 Å². The van der Waals surface area contributed by atoms with E-state index in [4.69, 9.17) is 4.99 Å². The van der Waals surface area contributed by atoms with E-state index >= 15 is 0 Å². The lowest BCUT2D eigenvalue weighted by atomic mass is 10.1. The van der Waals surface area contributed by atoms with Crippen molar-refractivity contribution < 1.29 is 0 Å². The molecule has 2 N–H and O–H groups in total. The summed E-state index contributed by atoms with van der Waals surface area (Å²) in [5.74, 6) is 1.53. The van der Waals surface area contributed by atoms with Gasteiger partial charge in [0.1, 0.15) is 0 Å². The molecule has 0 bridgehead atoms. The van der Waals surface area contributed by atoms with Crippen molar-refractivity contribution in [3.8, 4) is 0 Å². The quantitative estimate of drug-likeness (QED) is 0.452. The van der Waals surface area contributed by atoms with E-state index in [0.717, 1.165) is 38.7 Å². The molecule has 1 unspecified atom stereocenters. The fourth-order valence-electron chi connectivity index (χ4n) is 3.53. The second kappa shape index (κ2) is 12.5. The van der Waals surface area contributed by atoms with Crippen molar-refractivity contribution in [1.82, 2.24) is 25.3 Å². The predicted octanol–water partition coefficient (Wildman–Crippen LogP) is 1.54. The third-order valence-electron chi connectivity index (χ3n) is 5.06. The van der Waals surface area contributed by atoms with E-state index < -0.39 is 0 Å². The van der Waals surface area contributed by atoms with E-state index in [2.05, 4.69) is 73.9 Å². The van der Waals surface area contributed by atoms with Crippen LogP contribution in [0.15, 0.2) is 4.99 Å². The van der Waals surface area contributed by atoms with Gasteiger partial charge in [-0.05, 0) is 47.6 Å². The number of nitrogens with zero attached hydrogens (tertiary/aromatic N) is 4. The molecule has 0 saturated carbocycles. The highest BCUT2D eigenvalue weighted by molar-refractivity contribution is 5.79. The number of hydrogen-bond donors (Lipinski definition) is 2. The standard InChI is InChI=1S/C20H44N6/c1-8-21-20(22-9-10-26(17(2)3)18(4)5)23-15-19(6)16-25-13-11-24(7)12-14-25/h17-19H,8-16H2,1-7H3,(H2,21,22,23). The Kier molecular flexibility index (Phi) is 11.2. The molecule has 26 heavy (non-hydrogen) atoms. The van der Waals surface area contributed by atoms with Gasteiger partial charge in [-0.15, -0.1) is 0 Å². The van der Waals surface area contributed by atoms with Crippen LogP contribution in [0.3, 0.4) is 0 Å². The molecule has 1 saturated heterocycles. The minimum absolute atomic E-state index is 0.569. The summed E-state index contributed by atoms with van der Waals surface area (Å²) in [5, 5.41) is 6.88. The molecule has 0 aromatic carbocycles. The Hall–Kier alpha value is -0.850. The van der Waals surface area contributed by atoms with Crippen LogP contribution >= 0.6 is 0 Å². The van der Waals surface area contributed by atoms with E-state index in [1.165, 1.54) is 26.2 Å². The highest BCUT2D eigenvalue weighted by Gasteiger charge is 2.16. The number of hydrogen-bond acceptors (Lipinski definition) is 4. The lowest BCUT2D eigenvalue weighted by Crippen LogP contribution is -2.46. The zero-order valence-corrected chi connectivity index (χ0v) is 18.4. The fraction of sp³-hybridized carbons (Fsp3) is 0.950. The van der Waals surface area contributed by atoms with E-state index in [1.54, 1.807) is 0 Å². The Balaban J connectivity index is 2.39. The van der Waals surface area contributed by atoms with Crippen molar-refractivity contribution >= 4 is 5.96 Å². The van der Waals surface area contributed by atoms with Crippen molar-refractivity contribution in [2.24, 2.45) is 10.9 Å². The lowest BCUT2D eigenvalue weighted by molar-refractivity contribution is 0.140. The van der Waals surface area contributed by atoms with Gasteiger partial charge in [-0.25, -0.2) is 0 Å². The van der Waals surface area contributed by atoms with E-state index in [9.17, 15) is 0 Å². The van der Waals surface area contributed by atoms with Crippen molar-refractivity contribution in [2.75, 3.05) is 66.0 Å². The first kappa shape index (κ1) is 23.2. The van der Waals surface area contributed by atoms with Gasteiger partial charge in [0.15, 0.2) is 5.96 Å². The normalized spacial score (nSPS) is 18.8. The summed E-state index contributed by atoms with van der Waals surface area (Å²) in [6.45, 7) is 23.1. The van der Waals surface area contributed by atoms with Gasteiger partial charge in [-0.3, -0.25) is 9.89 Å². The Morgan fingerprint density at radius 2 is 1.62 bits per heavy atom. The van der Waals surface area contributed by atoms with Gasteiger partial charge in [-0.1, -0.05) is 6.92 Å². The van der Waals surface area contributed by atoms with Gasteiger partial charge >= 0.3 is 0 Å². The summed E-state index contributed by atoms with van der Waals surface area (Å²) in [5.41, 5.74) is 0.